The topological polar surface area (TPSA) is 9.23 Å². The van der Waals surface area contributed by atoms with Gasteiger partial charge in [-0.05, 0) is 42.7 Å². The van der Waals surface area contributed by atoms with Gasteiger partial charge in [0.25, 0.3) is 0 Å². The van der Waals surface area contributed by atoms with Crippen LogP contribution in [0.5, 0.6) is 0 Å². The first-order valence-electron chi connectivity index (χ1n) is 6.03. The second kappa shape index (κ2) is 6.03. The summed E-state index contributed by atoms with van der Waals surface area (Å²) in [7, 11) is 0. The second-order valence-corrected chi connectivity index (χ2v) is 4.99. The van der Waals surface area contributed by atoms with Crippen LogP contribution in [0, 0.1) is 13.8 Å². The minimum Gasteiger partial charge on any atom is -0.372 e. The Morgan fingerprint density at radius 3 is 2.56 bits per heavy atom. The molecular weight excluding hydrogens is 244 g/mol. The van der Waals surface area contributed by atoms with Crippen molar-refractivity contribution in [2.24, 2.45) is 0 Å². The molecule has 0 amide bonds. The number of benzene rings is 2. The Kier molecular flexibility index (Phi) is 4.40. The van der Waals surface area contributed by atoms with Crippen LogP contribution in [0.2, 0.25) is 5.02 Å². The van der Waals surface area contributed by atoms with Crippen LogP contribution in [0.25, 0.3) is 0 Å². The van der Waals surface area contributed by atoms with Gasteiger partial charge < -0.3 is 4.74 Å². The Balaban J connectivity index is 1.92. The van der Waals surface area contributed by atoms with Crippen molar-refractivity contribution in [2.45, 2.75) is 27.1 Å². The molecule has 2 aromatic rings. The second-order valence-electron chi connectivity index (χ2n) is 4.55. The molecule has 0 spiro atoms. The molecule has 18 heavy (non-hydrogen) atoms. The van der Waals surface area contributed by atoms with Crippen molar-refractivity contribution < 1.29 is 4.74 Å². The van der Waals surface area contributed by atoms with Crippen LogP contribution in [0.4, 0.5) is 0 Å². The van der Waals surface area contributed by atoms with Crippen LogP contribution < -0.4 is 0 Å². The Hall–Kier alpha value is -1.31. The summed E-state index contributed by atoms with van der Waals surface area (Å²) >= 11 is 5.93. The largest absolute Gasteiger partial charge is 0.372 e. The zero-order chi connectivity index (χ0) is 13.0. The molecule has 0 saturated heterocycles. The fourth-order valence-electron chi connectivity index (χ4n) is 1.91. The van der Waals surface area contributed by atoms with Crippen LogP contribution in [0.15, 0.2) is 42.5 Å². The van der Waals surface area contributed by atoms with E-state index in [1.54, 1.807) is 0 Å². The molecule has 0 fully saturated rings. The van der Waals surface area contributed by atoms with E-state index in [-0.39, 0.29) is 0 Å². The van der Waals surface area contributed by atoms with Crippen LogP contribution >= 0.6 is 11.6 Å². The fourth-order valence-corrected chi connectivity index (χ4v) is 2.13. The number of hydrogen-bond donors (Lipinski definition) is 0. The van der Waals surface area contributed by atoms with E-state index in [1.165, 1.54) is 16.7 Å². The maximum Gasteiger partial charge on any atom is 0.0724 e. The lowest BCUT2D eigenvalue weighted by Crippen LogP contribution is -1.96. The van der Waals surface area contributed by atoms with Crippen molar-refractivity contribution in [1.29, 1.82) is 0 Å². The van der Waals surface area contributed by atoms with Gasteiger partial charge in [0.2, 0.25) is 0 Å². The Morgan fingerprint density at radius 2 is 1.83 bits per heavy atom. The molecule has 0 unspecified atom stereocenters. The first-order valence-corrected chi connectivity index (χ1v) is 6.41. The number of rotatable bonds is 4. The average molecular weight is 261 g/mol. The van der Waals surface area contributed by atoms with Gasteiger partial charge in [-0.15, -0.1) is 0 Å². The molecule has 94 valence electrons. The lowest BCUT2D eigenvalue weighted by molar-refractivity contribution is 0.107. The van der Waals surface area contributed by atoms with Crippen LogP contribution in [-0.2, 0) is 18.0 Å². The molecule has 2 rings (SSSR count). The molecule has 0 heterocycles. The van der Waals surface area contributed by atoms with Crippen molar-refractivity contribution in [3.05, 3.63) is 69.7 Å². The minimum atomic E-state index is 0.591. The standard InChI is InChI=1S/C16H17ClO/c1-12-6-7-15(13(2)8-12)11-18-10-14-4-3-5-16(17)9-14/h3-9H,10-11H2,1-2H3. The first-order chi connectivity index (χ1) is 8.65. The van der Waals surface area contributed by atoms with Gasteiger partial charge in [0.05, 0.1) is 13.2 Å². The highest BCUT2D eigenvalue weighted by Crippen LogP contribution is 2.14. The monoisotopic (exact) mass is 260 g/mol. The zero-order valence-corrected chi connectivity index (χ0v) is 11.5. The summed E-state index contributed by atoms with van der Waals surface area (Å²) in [5.41, 5.74) is 4.90. The van der Waals surface area contributed by atoms with E-state index in [4.69, 9.17) is 16.3 Å². The summed E-state index contributed by atoms with van der Waals surface area (Å²) in [6.45, 7) is 5.45. The maximum atomic E-state index is 5.93. The highest BCUT2D eigenvalue weighted by atomic mass is 35.5. The molecule has 0 atom stereocenters. The van der Waals surface area contributed by atoms with Crippen molar-refractivity contribution >= 4 is 11.6 Å². The van der Waals surface area contributed by atoms with Gasteiger partial charge in [0.1, 0.15) is 0 Å². The van der Waals surface area contributed by atoms with Gasteiger partial charge in [0.15, 0.2) is 0 Å². The zero-order valence-electron chi connectivity index (χ0n) is 10.7. The summed E-state index contributed by atoms with van der Waals surface area (Å²) in [4.78, 5) is 0. The van der Waals surface area contributed by atoms with E-state index in [0.717, 1.165) is 10.6 Å². The first kappa shape index (κ1) is 13.1. The van der Waals surface area contributed by atoms with E-state index in [0.29, 0.717) is 13.2 Å². The van der Waals surface area contributed by atoms with E-state index in [2.05, 4.69) is 32.0 Å². The van der Waals surface area contributed by atoms with Crippen LogP contribution in [-0.4, -0.2) is 0 Å². The Morgan fingerprint density at radius 1 is 1.00 bits per heavy atom. The molecule has 0 bridgehead atoms. The summed E-state index contributed by atoms with van der Waals surface area (Å²) < 4.78 is 5.72. The normalized spacial score (nSPS) is 10.6. The van der Waals surface area contributed by atoms with Crippen molar-refractivity contribution in [1.82, 2.24) is 0 Å². The van der Waals surface area contributed by atoms with Crippen LogP contribution in [0.3, 0.4) is 0 Å². The number of halogens is 1. The van der Waals surface area contributed by atoms with Gasteiger partial charge in [-0.25, -0.2) is 0 Å². The SMILES string of the molecule is Cc1ccc(COCc2cccc(Cl)c2)c(C)c1. The molecule has 0 aliphatic heterocycles. The third-order valence-electron chi connectivity index (χ3n) is 2.91. The molecule has 2 aromatic carbocycles. The molecular formula is C16H17ClO. The summed E-state index contributed by atoms with van der Waals surface area (Å²) in [6.07, 6.45) is 0. The third kappa shape index (κ3) is 3.59. The Labute approximate surface area is 113 Å². The lowest BCUT2D eigenvalue weighted by atomic mass is 10.1. The highest BCUT2D eigenvalue weighted by Gasteiger charge is 2.00. The fraction of sp³-hybridized carbons (Fsp3) is 0.250. The molecule has 0 radical (unpaired) electrons. The predicted octanol–water partition coefficient (Wildman–Crippen LogP) is 4.67. The van der Waals surface area contributed by atoms with Crippen LogP contribution in [0.1, 0.15) is 22.3 Å². The Bertz CT molecular complexity index is 534. The van der Waals surface area contributed by atoms with Gasteiger partial charge in [0, 0.05) is 5.02 Å². The predicted molar refractivity (Wildman–Crippen MR) is 75.9 cm³/mol. The molecule has 1 nitrogen and oxygen atoms in total. The van der Waals surface area contributed by atoms with Crippen molar-refractivity contribution in [3.8, 4) is 0 Å². The lowest BCUT2D eigenvalue weighted by Gasteiger charge is -2.08. The number of aryl methyl sites for hydroxylation is 2. The number of ether oxygens (including phenoxy) is 1. The molecule has 0 N–H and O–H groups in total. The van der Waals surface area contributed by atoms with Gasteiger partial charge in [-0.2, -0.15) is 0 Å². The summed E-state index contributed by atoms with van der Waals surface area (Å²) in [5.74, 6) is 0. The van der Waals surface area contributed by atoms with Gasteiger partial charge >= 0.3 is 0 Å². The molecule has 2 heteroatoms. The average Bonchev–Trinajstić information content (AvgIpc) is 2.32. The van der Waals surface area contributed by atoms with Crippen molar-refractivity contribution in [2.75, 3.05) is 0 Å². The maximum absolute atomic E-state index is 5.93. The number of hydrogen-bond acceptors (Lipinski definition) is 1. The molecule has 0 aliphatic carbocycles. The smallest absolute Gasteiger partial charge is 0.0724 e. The van der Waals surface area contributed by atoms with Crippen molar-refractivity contribution in [3.63, 3.8) is 0 Å². The molecule has 0 aromatic heterocycles. The van der Waals surface area contributed by atoms with E-state index in [1.807, 2.05) is 24.3 Å². The quantitative estimate of drug-likeness (QED) is 0.776. The molecule has 0 saturated carbocycles. The van der Waals surface area contributed by atoms with E-state index >= 15 is 0 Å². The third-order valence-corrected chi connectivity index (χ3v) is 3.15. The van der Waals surface area contributed by atoms with Gasteiger partial charge in [-0.3, -0.25) is 0 Å². The summed E-state index contributed by atoms with van der Waals surface area (Å²) in [6, 6.07) is 14.2. The summed E-state index contributed by atoms with van der Waals surface area (Å²) in [5, 5.41) is 0.752. The van der Waals surface area contributed by atoms with E-state index < -0.39 is 0 Å². The highest BCUT2D eigenvalue weighted by molar-refractivity contribution is 6.30. The van der Waals surface area contributed by atoms with E-state index in [9.17, 15) is 0 Å². The molecule has 0 aliphatic rings. The minimum absolute atomic E-state index is 0.591. The van der Waals surface area contributed by atoms with Gasteiger partial charge in [-0.1, -0.05) is 47.5 Å².